The van der Waals surface area contributed by atoms with Gasteiger partial charge in [-0.15, -0.1) is 11.3 Å². The molecule has 1 aliphatic rings. The summed E-state index contributed by atoms with van der Waals surface area (Å²) >= 11 is 2.14. The van der Waals surface area contributed by atoms with Crippen molar-refractivity contribution < 1.29 is 50.5 Å². The summed E-state index contributed by atoms with van der Waals surface area (Å²) in [5, 5.41) is 2.08. The van der Waals surface area contributed by atoms with Gasteiger partial charge in [0.15, 0.2) is 0 Å². The van der Waals surface area contributed by atoms with Gasteiger partial charge in [0, 0.05) is 23.5 Å². The van der Waals surface area contributed by atoms with E-state index in [4.69, 9.17) is 26.0 Å². The Morgan fingerprint density at radius 2 is 1.70 bits per heavy atom. The minimum atomic E-state index is 0. The predicted molar refractivity (Wildman–Crippen MR) is 121 cm³/mol. The van der Waals surface area contributed by atoms with E-state index in [9.17, 15) is 4.79 Å². The number of anilines is 1. The molecule has 1 aromatic carbocycles. The first-order valence-corrected chi connectivity index (χ1v) is 11.4. The van der Waals surface area contributed by atoms with Crippen LogP contribution in [0.3, 0.4) is 0 Å². The van der Waals surface area contributed by atoms with Crippen molar-refractivity contribution in [2.75, 3.05) is 11.4 Å². The van der Waals surface area contributed by atoms with Crippen molar-refractivity contribution in [2.45, 2.75) is 32.7 Å². The third-order valence-corrected chi connectivity index (χ3v) is 5.07. The molecule has 0 bridgehead atoms. The van der Waals surface area contributed by atoms with Gasteiger partial charge in [-0.25, -0.2) is 0 Å². The predicted octanol–water partition coefficient (Wildman–Crippen LogP) is -0.0734. The van der Waals surface area contributed by atoms with Crippen LogP contribution in [0, 0.1) is 6.92 Å². The molecule has 181 valence electrons. The van der Waals surface area contributed by atoms with Crippen LogP contribution < -0.4 is 10.6 Å². The van der Waals surface area contributed by atoms with Crippen molar-refractivity contribution in [2.24, 2.45) is 5.73 Å². The number of aryl methyl sites for hydroxylation is 2. The third-order valence-electron chi connectivity index (χ3n) is 4.10. The zero-order valence-corrected chi connectivity index (χ0v) is 19.7. The number of nitrogens with two attached hydrogens (primary N) is 1. The molecule has 0 spiro atoms. The SMILES string of the molecule is Cc1cc(C(=O)N2CCCCc3sccc32)ccc1CN.O.O.O.O.O.O.[Cl][Co][Cl]. The number of carbonyl (C=O) groups excluding carboxylic acids is 1. The van der Waals surface area contributed by atoms with E-state index in [0.29, 0.717) is 19.4 Å². The quantitative estimate of drug-likeness (QED) is 0.553. The molecule has 1 aliphatic heterocycles. The summed E-state index contributed by atoms with van der Waals surface area (Å²) < 4.78 is 0. The van der Waals surface area contributed by atoms with Crippen LogP contribution in [0.25, 0.3) is 0 Å². The standard InChI is InChI=1S/C17H20N2OS.2ClH.Co.6H2O/c1-12-10-13(5-6-14(12)11-18)17(20)19-8-3-2-4-16-15(19)7-9-21-16;;;;;;;;;/h5-7,9-10H,2-4,8,11,18H2,1H3;2*1H;;6*1H2/q;;;+2;;;;;;/p-2. The molecule has 0 atom stereocenters. The minimum absolute atomic E-state index is 0. The summed E-state index contributed by atoms with van der Waals surface area (Å²) in [5.41, 5.74) is 9.73. The number of benzene rings is 1. The van der Waals surface area contributed by atoms with Gasteiger partial charge in [0.2, 0.25) is 0 Å². The number of carbonyl (C=O) groups is 1. The van der Waals surface area contributed by atoms with Gasteiger partial charge in [0.1, 0.15) is 0 Å². The zero-order valence-electron chi connectivity index (χ0n) is 16.4. The molecule has 0 radical (unpaired) electrons. The van der Waals surface area contributed by atoms with Gasteiger partial charge < -0.3 is 43.5 Å². The van der Waals surface area contributed by atoms with Crippen LogP contribution in [0.1, 0.15) is 39.2 Å². The number of halogens is 2. The molecule has 14 N–H and O–H groups in total. The number of thiophene rings is 1. The van der Waals surface area contributed by atoms with Crippen molar-refractivity contribution in [3.63, 3.8) is 0 Å². The zero-order chi connectivity index (χ0) is 17.5. The average molecular weight is 538 g/mol. The van der Waals surface area contributed by atoms with E-state index in [1.54, 1.807) is 11.3 Å². The van der Waals surface area contributed by atoms with Gasteiger partial charge in [-0.1, -0.05) is 6.07 Å². The maximum absolute atomic E-state index is 12.9. The van der Waals surface area contributed by atoms with Crippen LogP contribution in [0.5, 0.6) is 0 Å². The Hall–Kier alpha value is -0.804. The molecule has 30 heavy (non-hydrogen) atoms. The first kappa shape index (κ1) is 39.6. The Morgan fingerprint density at radius 3 is 2.23 bits per heavy atom. The molecular weight excluding hydrogens is 506 g/mol. The average Bonchev–Trinajstić information content (AvgIpc) is 2.94. The van der Waals surface area contributed by atoms with E-state index >= 15 is 0 Å². The molecule has 13 heteroatoms. The molecule has 1 aromatic heterocycles. The summed E-state index contributed by atoms with van der Waals surface area (Å²) in [7, 11) is 9.47. The Morgan fingerprint density at radius 1 is 1.10 bits per heavy atom. The van der Waals surface area contributed by atoms with Gasteiger partial charge in [-0.3, -0.25) is 4.79 Å². The van der Waals surface area contributed by atoms with E-state index in [1.807, 2.05) is 30.0 Å². The van der Waals surface area contributed by atoms with E-state index < -0.39 is 0 Å². The molecule has 2 aromatic rings. The molecule has 2 heterocycles. The molecule has 0 aliphatic carbocycles. The topological polar surface area (TPSA) is 235 Å². The molecule has 3 rings (SSSR count). The van der Waals surface area contributed by atoms with Crippen LogP contribution in [0.2, 0.25) is 0 Å². The molecule has 0 fully saturated rings. The van der Waals surface area contributed by atoms with Crippen LogP contribution in [-0.2, 0) is 25.9 Å². The van der Waals surface area contributed by atoms with Crippen molar-refractivity contribution in [1.82, 2.24) is 0 Å². The van der Waals surface area contributed by atoms with Crippen molar-refractivity contribution >= 4 is 43.2 Å². The summed E-state index contributed by atoms with van der Waals surface area (Å²) in [6, 6.07) is 7.90. The van der Waals surface area contributed by atoms with Crippen LogP contribution in [0.4, 0.5) is 5.69 Å². The Bertz CT molecular complexity index is 710. The fourth-order valence-corrected chi connectivity index (χ4v) is 3.78. The van der Waals surface area contributed by atoms with Gasteiger partial charge in [0.25, 0.3) is 5.91 Å². The van der Waals surface area contributed by atoms with E-state index in [2.05, 4.69) is 11.4 Å². The van der Waals surface area contributed by atoms with E-state index in [1.165, 1.54) is 4.88 Å². The summed E-state index contributed by atoms with van der Waals surface area (Å²) in [6.07, 6.45) is 3.30. The van der Waals surface area contributed by atoms with E-state index in [0.717, 1.165) is 48.2 Å². The second-order valence-corrected chi connectivity index (χ2v) is 8.26. The van der Waals surface area contributed by atoms with Crippen molar-refractivity contribution in [1.29, 1.82) is 0 Å². The van der Waals surface area contributed by atoms with Crippen LogP contribution in [0.15, 0.2) is 29.6 Å². The number of nitrogens with zero attached hydrogens (tertiary/aromatic N) is 1. The number of amides is 1. The number of hydrogen-bond donors (Lipinski definition) is 1. The Kier molecular flexibility index (Phi) is 26.6. The van der Waals surface area contributed by atoms with Gasteiger partial charge >= 0.3 is 33.2 Å². The molecule has 1 amide bonds. The maximum atomic E-state index is 12.9. The Balaban J connectivity index is -0.000000219. The molecule has 0 unspecified atom stereocenters. The number of fused-ring (bicyclic) bond motifs is 1. The number of rotatable bonds is 2. The first-order chi connectivity index (χ1) is 11.6. The molecule has 0 saturated heterocycles. The first-order valence-electron chi connectivity index (χ1n) is 7.63. The van der Waals surface area contributed by atoms with Gasteiger partial charge in [-0.05, 0) is 60.9 Å². The van der Waals surface area contributed by atoms with E-state index in [-0.39, 0.29) is 38.8 Å². The van der Waals surface area contributed by atoms with Crippen molar-refractivity contribution in [3.05, 3.63) is 51.2 Å². The molecule has 0 saturated carbocycles. The summed E-state index contributed by atoms with van der Waals surface area (Å²) in [6.45, 7) is 3.33. The number of hydrogen-bond acceptors (Lipinski definition) is 3. The Labute approximate surface area is 194 Å². The summed E-state index contributed by atoms with van der Waals surface area (Å²) in [4.78, 5) is 16.1. The fourth-order valence-electron chi connectivity index (χ4n) is 2.86. The molecule has 9 nitrogen and oxygen atoms in total. The second-order valence-electron chi connectivity index (χ2n) is 5.54. The fraction of sp³-hybridized carbons (Fsp3) is 0.353. The summed E-state index contributed by atoms with van der Waals surface area (Å²) in [5.74, 6) is 0.100. The van der Waals surface area contributed by atoms with Crippen molar-refractivity contribution in [3.8, 4) is 0 Å². The third kappa shape index (κ3) is 10.0. The van der Waals surface area contributed by atoms with Crippen LogP contribution in [-0.4, -0.2) is 45.3 Å². The monoisotopic (exact) mass is 537 g/mol. The van der Waals surface area contributed by atoms with Crippen LogP contribution >= 0.6 is 31.6 Å². The van der Waals surface area contributed by atoms with Gasteiger partial charge in [-0.2, -0.15) is 0 Å². The normalized spacial score (nSPS) is 11.0. The second kappa shape index (κ2) is 20.1. The van der Waals surface area contributed by atoms with Gasteiger partial charge in [0.05, 0.1) is 5.69 Å². The molecular formula is C17H32Cl2CoN2O7S.